The van der Waals surface area contributed by atoms with Crippen molar-refractivity contribution in [3.63, 3.8) is 0 Å². The van der Waals surface area contributed by atoms with Crippen LogP contribution in [0.15, 0.2) is 76.5 Å². The number of esters is 1. The number of carbonyl (C=O) groups is 2. The van der Waals surface area contributed by atoms with Crippen LogP contribution in [0.2, 0.25) is 5.02 Å². The molecule has 3 aromatic carbocycles. The lowest BCUT2D eigenvalue weighted by Crippen LogP contribution is -2.40. The second-order valence-corrected chi connectivity index (χ2v) is 11.7. The molecule has 218 valence electrons. The Bertz CT molecular complexity index is 1380. The molecule has 11 heteroatoms. The molecule has 1 atom stereocenters. The van der Waals surface area contributed by atoms with Gasteiger partial charge in [0.05, 0.1) is 24.2 Å². The average molecular weight is 601 g/mol. The Labute approximate surface area is 248 Å². The number of rotatable bonds is 11. The highest BCUT2D eigenvalue weighted by atomic mass is 35.5. The lowest BCUT2D eigenvalue weighted by molar-refractivity contribution is -0.385. The largest absolute Gasteiger partial charge is 0.462 e. The van der Waals surface area contributed by atoms with Crippen molar-refractivity contribution in [2.75, 3.05) is 19.7 Å². The number of hydrogen-bond donors (Lipinski definition) is 1. The van der Waals surface area contributed by atoms with Gasteiger partial charge in [-0.3, -0.25) is 10.1 Å². The normalized spacial score (nSPS) is 12.0. The fraction of sp³-hybridized carbons (Fsp3) is 0.333. The maximum atomic E-state index is 12.9. The summed E-state index contributed by atoms with van der Waals surface area (Å²) >= 11 is 7.42. The van der Waals surface area contributed by atoms with Gasteiger partial charge >= 0.3 is 12.1 Å². The highest BCUT2D eigenvalue weighted by Gasteiger charge is 2.25. The van der Waals surface area contributed by atoms with Crippen molar-refractivity contribution in [2.24, 2.45) is 0 Å². The van der Waals surface area contributed by atoms with Crippen molar-refractivity contribution in [3.8, 4) is 0 Å². The molecule has 3 rings (SSSR count). The zero-order valence-electron chi connectivity index (χ0n) is 23.3. The number of aliphatic hydroxyl groups excluding tert-OH is 1. The maximum absolute atomic E-state index is 12.9. The van der Waals surface area contributed by atoms with Gasteiger partial charge in [-0.05, 0) is 81.6 Å². The van der Waals surface area contributed by atoms with Crippen molar-refractivity contribution >= 4 is 41.1 Å². The van der Waals surface area contributed by atoms with Crippen molar-refractivity contribution in [1.82, 2.24) is 4.90 Å². The molecule has 0 spiro atoms. The number of ether oxygens (including phenoxy) is 2. The first-order valence-electron chi connectivity index (χ1n) is 13.0. The van der Waals surface area contributed by atoms with Crippen LogP contribution in [0.1, 0.15) is 55.3 Å². The van der Waals surface area contributed by atoms with Crippen LogP contribution in [0.3, 0.4) is 0 Å². The molecule has 0 aliphatic carbocycles. The fourth-order valence-electron chi connectivity index (χ4n) is 3.85. The first-order valence-corrected chi connectivity index (χ1v) is 14.2. The van der Waals surface area contributed by atoms with E-state index in [1.54, 1.807) is 58.0 Å². The van der Waals surface area contributed by atoms with Gasteiger partial charge in [0.25, 0.3) is 5.69 Å². The van der Waals surface area contributed by atoms with Gasteiger partial charge in [0, 0.05) is 27.4 Å². The van der Waals surface area contributed by atoms with E-state index in [9.17, 15) is 24.8 Å². The molecular weight excluding hydrogens is 568 g/mol. The van der Waals surface area contributed by atoms with Crippen LogP contribution in [-0.2, 0) is 15.9 Å². The lowest BCUT2D eigenvalue weighted by Gasteiger charge is -2.29. The molecule has 3 aromatic rings. The van der Waals surface area contributed by atoms with Gasteiger partial charge in [0.1, 0.15) is 11.2 Å². The summed E-state index contributed by atoms with van der Waals surface area (Å²) in [5.74, 6) is -0.744. The van der Waals surface area contributed by atoms with E-state index in [0.29, 0.717) is 28.4 Å². The van der Waals surface area contributed by atoms with E-state index in [1.165, 1.54) is 28.8 Å². The summed E-state index contributed by atoms with van der Waals surface area (Å²) in [7, 11) is 0. The predicted octanol–water partition coefficient (Wildman–Crippen LogP) is 7.09. The number of nitro groups is 1. The van der Waals surface area contributed by atoms with Crippen LogP contribution in [-0.4, -0.2) is 52.3 Å². The van der Waals surface area contributed by atoms with Crippen LogP contribution < -0.4 is 0 Å². The van der Waals surface area contributed by atoms with E-state index >= 15 is 0 Å². The molecule has 0 fully saturated rings. The van der Waals surface area contributed by atoms with E-state index in [-0.39, 0.29) is 24.4 Å². The van der Waals surface area contributed by atoms with E-state index in [4.69, 9.17) is 21.1 Å². The molecule has 1 amide bonds. The molecule has 0 aliphatic rings. The summed E-state index contributed by atoms with van der Waals surface area (Å²) in [5.41, 5.74) is 0.458. The molecule has 0 bridgehead atoms. The summed E-state index contributed by atoms with van der Waals surface area (Å²) in [6.07, 6.45) is -0.959. The van der Waals surface area contributed by atoms with Crippen LogP contribution in [0, 0.1) is 10.1 Å². The van der Waals surface area contributed by atoms with Gasteiger partial charge in [0.2, 0.25) is 0 Å². The minimum absolute atomic E-state index is 0.0339. The van der Waals surface area contributed by atoms with E-state index in [0.717, 1.165) is 10.5 Å². The first-order chi connectivity index (χ1) is 19.4. The Balaban J connectivity index is 1.70. The molecule has 0 unspecified atom stereocenters. The number of carbonyl (C=O) groups excluding carboxylic acids is 2. The van der Waals surface area contributed by atoms with E-state index in [1.807, 2.05) is 24.3 Å². The number of halogens is 1. The number of amides is 1. The average Bonchev–Trinajstić information content (AvgIpc) is 2.90. The summed E-state index contributed by atoms with van der Waals surface area (Å²) < 4.78 is 10.5. The summed E-state index contributed by atoms with van der Waals surface area (Å²) in [4.78, 5) is 38.9. The second kappa shape index (κ2) is 14.3. The van der Waals surface area contributed by atoms with E-state index in [2.05, 4.69) is 0 Å². The number of nitro benzene ring substituents is 1. The zero-order valence-corrected chi connectivity index (χ0v) is 24.9. The van der Waals surface area contributed by atoms with Gasteiger partial charge in [-0.1, -0.05) is 47.6 Å². The molecule has 41 heavy (non-hydrogen) atoms. The van der Waals surface area contributed by atoms with Crippen LogP contribution in [0.5, 0.6) is 0 Å². The van der Waals surface area contributed by atoms with Gasteiger partial charge < -0.3 is 19.5 Å². The third-order valence-electron chi connectivity index (χ3n) is 5.77. The molecule has 0 heterocycles. The highest BCUT2D eigenvalue weighted by molar-refractivity contribution is 7.99. The zero-order chi connectivity index (χ0) is 30.2. The number of hydrogen-bond acceptors (Lipinski definition) is 8. The Hall–Kier alpha value is -3.60. The van der Waals surface area contributed by atoms with Crippen molar-refractivity contribution in [3.05, 3.63) is 98.6 Å². The SMILES string of the molecule is CCOC(=O)c1cc(Sc2ccc(CCN(C[C@H](O)c3cccc(Cl)c3)C(=O)OC(C)(C)C)cc2)ccc1[N+](=O)[O-]. The maximum Gasteiger partial charge on any atom is 0.410 e. The molecule has 1 N–H and O–H groups in total. The number of aliphatic hydroxyl groups is 1. The Kier molecular flexibility index (Phi) is 11.2. The Morgan fingerprint density at radius 3 is 2.37 bits per heavy atom. The van der Waals surface area contributed by atoms with Crippen LogP contribution in [0.25, 0.3) is 0 Å². The number of nitrogens with zero attached hydrogens (tertiary/aromatic N) is 2. The molecule has 9 nitrogen and oxygen atoms in total. The van der Waals surface area contributed by atoms with Gasteiger partial charge in [-0.15, -0.1) is 0 Å². The van der Waals surface area contributed by atoms with Gasteiger partial charge in [-0.25, -0.2) is 9.59 Å². The standard InChI is InChI=1S/C30H33ClN2O7S/c1-5-39-28(35)25-18-24(13-14-26(25)33(37)38)41-23-11-9-20(10-12-23)15-16-32(29(36)40-30(2,3)4)19-27(34)21-7-6-8-22(31)17-21/h6-14,17-18,27,34H,5,15-16,19H2,1-4H3/t27-/m0/s1. The minimum Gasteiger partial charge on any atom is -0.462 e. The molecule has 0 aromatic heterocycles. The minimum atomic E-state index is -0.943. The third-order valence-corrected chi connectivity index (χ3v) is 7.00. The Morgan fingerprint density at radius 2 is 1.76 bits per heavy atom. The van der Waals surface area contributed by atoms with Crippen molar-refractivity contribution in [2.45, 2.75) is 55.6 Å². The molecule has 0 saturated heterocycles. The smallest absolute Gasteiger partial charge is 0.410 e. The second-order valence-electron chi connectivity index (χ2n) is 10.1. The topological polar surface area (TPSA) is 119 Å². The molecule has 0 saturated carbocycles. The quantitative estimate of drug-likeness (QED) is 0.141. The molecular formula is C30H33ClN2O7S. The predicted molar refractivity (Wildman–Crippen MR) is 158 cm³/mol. The monoisotopic (exact) mass is 600 g/mol. The Morgan fingerprint density at radius 1 is 1.07 bits per heavy atom. The molecule has 0 radical (unpaired) electrons. The van der Waals surface area contributed by atoms with Crippen molar-refractivity contribution < 1.29 is 29.1 Å². The summed E-state index contributed by atoms with van der Waals surface area (Å²) in [6.45, 7) is 7.45. The van der Waals surface area contributed by atoms with Crippen LogP contribution >= 0.6 is 23.4 Å². The van der Waals surface area contributed by atoms with E-state index < -0.39 is 28.7 Å². The summed E-state index contributed by atoms with van der Waals surface area (Å²) in [5, 5.41) is 22.6. The number of benzene rings is 3. The first kappa shape index (κ1) is 31.9. The lowest BCUT2D eigenvalue weighted by atomic mass is 10.1. The van der Waals surface area contributed by atoms with Crippen LogP contribution in [0.4, 0.5) is 10.5 Å². The molecule has 0 aliphatic heterocycles. The highest BCUT2D eigenvalue weighted by Crippen LogP contribution is 2.32. The van der Waals surface area contributed by atoms with Crippen molar-refractivity contribution in [1.29, 1.82) is 0 Å². The van der Waals surface area contributed by atoms with Gasteiger partial charge in [-0.2, -0.15) is 0 Å². The van der Waals surface area contributed by atoms with Gasteiger partial charge in [0.15, 0.2) is 0 Å². The fourth-order valence-corrected chi connectivity index (χ4v) is 4.90. The summed E-state index contributed by atoms with van der Waals surface area (Å²) in [6, 6.07) is 18.8. The third kappa shape index (κ3) is 9.77.